The molecule has 4 heteroatoms. The van der Waals surface area contributed by atoms with E-state index in [0.717, 1.165) is 12.0 Å². The van der Waals surface area contributed by atoms with Crippen LogP contribution in [-0.2, 0) is 11.3 Å². The lowest BCUT2D eigenvalue weighted by atomic mass is 10.3. The zero-order chi connectivity index (χ0) is 12.8. The Kier molecular flexibility index (Phi) is 4.69. The number of pyridine rings is 1. The van der Waals surface area contributed by atoms with Gasteiger partial charge in [-0.1, -0.05) is 6.92 Å². The molecule has 92 valence electrons. The van der Waals surface area contributed by atoms with E-state index in [4.69, 9.17) is 10.1 Å². The Labute approximate surface area is 101 Å². The summed E-state index contributed by atoms with van der Waals surface area (Å²) in [6.45, 7) is 5.83. The van der Waals surface area contributed by atoms with Gasteiger partial charge in [-0.25, -0.2) is 0 Å². The van der Waals surface area contributed by atoms with Crippen LogP contribution in [0.15, 0.2) is 35.0 Å². The maximum Gasteiger partial charge on any atom is 0.251 e. The van der Waals surface area contributed by atoms with E-state index in [0.29, 0.717) is 5.76 Å². The van der Waals surface area contributed by atoms with Crippen molar-refractivity contribution in [2.75, 3.05) is 0 Å². The van der Waals surface area contributed by atoms with Crippen molar-refractivity contribution in [3.63, 3.8) is 0 Å². The second-order valence-electron chi connectivity index (χ2n) is 3.92. The molecule has 0 atom stereocenters. The minimum atomic E-state index is -0.115. The first-order chi connectivity index (χ1) is 8.02. The first-order valence-corrected chi connectivity index (χ1v) is 5.62. The third-order valence-electron chi connectivity index (χ3n) is 2.24. The Morgan fingerprint density at radius 1 is 1.59 bits per heavy atom. The Bertz CT molecular complexity index is 486. The summed E-state index contributed by atoms with van der Waals surface area (Å²) in [5, 5.41) is 7.66. The summed E-state index contributed by atoms with van der Waals surface area (Å²) < 4.78 is 6.72. The van der Waals surface area contributed by atoms with E-state index in [-0.39, 0.29) is 18.0 Å². The van der Waals surface area contributed by atoms with Crippen molar-refractivity contribution in [3.05, 3.63) is 46.1 Å². The normalized spacial score (nSPS) is 11.4. The number of nitrogens with one attached hydrogen (secondary N) is 1. The lowest BCUT2D eigenvalue weighted by molar-refractivity contribution is 0.391. The average molecular weight is 234 g/mol. The molecule has 0 unspecified atom stereocenters. The summed E-state index contributed by atoms with van der Waals surface area (Å²) in [6.07, 6.45) is 4.44. The van der Waals surface area contributed by atoms with E-state index in [9.17, 15) is 4.79 Å². The molecule has 1 aromatic heterocycles. The van der Waals surface area contributed by atoms with Crippen molar-refractivity contribution in [1.82, 2.24) is 4.57 Å². The fourth-order valence-electron chi connectivity index (χ4n) is 1.45. The standard InChI is InChI=1S/C13H18N2O2/c1-4-5-11(3)17-12(14)9-15-7-6-10(2)8-13(15)16/h5-8,14H,4,9H2,1-3H3/b11-5+,14-12?. The van der Waals surface area contributed by atoms with Crippen LogP contribution < -0.4 is 5.56 Å². The zero-order valence-electron chi connectivity index (χ0n) is 10.5. The molecule has 0 aliphatic rings. The van der Waals surface area contributed by atoms with Gasteiger partial charge in [0.2, 0.25) is 5.90 Å². The van der Waals surface area contributed by atoms with Crippen LogP contribution in [0.1, 0.15) is 25.8 Å². The van der Waals surface area contributed by atoms with Gasteiger partial charge in [-0.15, -0.1) is 0 Å². The van der Waals surface area contributed by atoms with Crippen molar-refractivity contribution in [1.29, 1.82) is 5.41 Å². The zero-order valence-corrected chi connectivity index (χ0v) is 10.5. The molecule has 1 heterocycles. The SMILES string of the molecule is CC/C=C(\C)OC(=N)Cn1ccc(C)cc1=O. The van der Waals surface area contributed by atoms with Gasteiger partial charge >= 0.3 is 0 Å². The minimum absolute atomic E-state index is 0.0677. The van der Waals surface area contributed by atoms with E-state index < -0.39 is 0 Å². The molecule has 0 fully saturated rings. The van der Waals surface area contributed by atoms with Gasteiger partial charge in [-0.05, 0) is 38.0 Å². The molecule has 1 rings (SSSR count). The molecular weight excluding hydrogens is 216 g/mol. The van der Waals surface area contributed by atoms with Crippen molar-refractivity contribution >= 4 is 5.90 Å². The van der Waals surface area contributed by atoms with Crippen LogP contribution in [0.3, 0.4) is 0 Å². The van der Waals surface area contributed by atoms with E-state index in [1.165, 1.54) is 4.57 Å². The number of ether oxygens (including phenoxy) is 1. The lowest BCUT2D eigenvalue weighted by Gasteiger charge is -2.09. The molecule has 0 amide bonds. The number of hydrogen-bond acceptors (Lipinski definition) is 3. The summed E-state index contributed by atoms with van der Waals surface area (Å²) in [6, 6.07) is 3.38. The second-order valence-corrected chi connectivity index (χ2v) is 3.92. The average Bonchev–Trinajstić information content (AvgIpc) is 2.22. The van der Waals surface area contributed by atoms with Gasteiger partial charge in [0.1, 0.15) is 6.54 Å². The molecule has 1 N–H and O–H groups in total. The van der Waals surface area contributed by atoms with Gasteiger partial charge in [-0.3, -0.25) is 10.2 Å². The predicted molar refractivity (Wildman–Crippen MR) is 68.3 cm³/mol. The number of nitrogens with zero attached hydrogens (tertiary/aromatic N) is 1. The number of hydrogen-bond donors (Lipinski definition) is 1. The van der Waals surface area contributed by atoms with Crippen LogP contribution in [0.25, 0.3) is 0 Å². The highest BCUT2D eigenvalue weighted by Gasteiger charge is 2.02. The van der Waals surface area contributed by atoms with Crippen LogP contribution in [0.5, 0.6) is 0 Å². The summed E-state index contributed by atoms with van der Waals surface area (Å²) in [4.78, 5) is 11.6. The fourth-order valence-corrected chi connectivity index (χ4v) is 1.45. The molecule has 0 radical (unpaired) electrons. The highest BCUT2D eigenvalue weighted by atomic mass is 16.5. The number of rotatable bonds is 4. The largest absolute Gasteiger partial charge is 0.447 e. The summed E-state index contributed by atoms with van der Waals surface area (Å²) >= 11 is 0. The number of aryl methyl sites for hydroxylation is 1. The first kappa shape index (κ1) is 13.2. The maximum absolute atomic E-state index is 11.6. The molecule has 17 heavy (non-hydrogen) atoms. The minimum Gasteiger partial charge on any atom is -0.447 e. The van der Waals surface area contributed by atoms with E-state index in [2.05, 4.69) is 0 Å². The smallest absolute Gasteiger partial charge is 0.251 e. The Balaban J connectivity index is 2.69. The van der Waals surface area contributed by atoms with Crippen LogP contribution >= 0.6 is 0 Å². The van der Waals surface area contributed by atoms with Gasteiger partial charge in [0.25, 0.3) is 5.56 Å². The van der Waals surface area contributed by atoms with Crippen LogP contribution in [0, 0.1) is 12.3 Å². The van der Waals surface area contributed by atoms with Crippen LogP contribution in [0.2, 0.25) is 0 Å². The molecule has 0 saturated heterocycles. The van der Waals surface area contributed by atoms with Crippen molar-refractivity contribution in [2.24, 2.45) is 0 Å². The first-order valence-electron chi connectivity index (χ1n) is 5.62. The van der Waals surface area contributed by atoms with Crippen molar-refractivity contribution in [2.45, 2.75) is 33.7 Å². The lowest BCUT2D eigenvalue weighted by Crippen LogP contribution is -2.23. The Hall–Kier alpha value is -1.84. The third kappa shape index (κ3) is 4.26. The van der Waals surface area contributed by atoms with Crippen molar-refractivity contribution in [3.8, 4) is 0 Å². The number of allylic oxidation sites excluding steroid dienone is 2. The molecule has 0 aromatic carbocycles. The van der Waals surface area contributed by atoms with Crippen molar-refractivity contribution < 1.29 is 4.74 Å². The van der Waals surface area contributed by atoms with Gasteiger partial charge in [-0.2, -0.15) is 0 Å². The molecule has 0 aliphatic carbocycles. The molecule has 0 spiro atoms. The Morgan fingerprint density at radius 2 is 2.29 bits per heavy atom. The van der Waals surface area contributed by atoms with E-state index >= 15 is 0 Å². The monoisotopic (exact) mass is 234 g/mol. The van der Waals surface area contributed by atoms with Gasteiger partial charge in [0.15, 0.2) is 0 Å². The summed E-state index contributed by atoms with van der Waals surface area (Å²) in [7, 11) is 0. The number of aromatic nitrogens is 1. The summed E-state index contributed by atoms with van der Waals surface area (Å²) in [5.74, 6) is 0.760. The topological polar surface area (TPSA) is 55.1 Å². The van der Waals surface area contributed by atoms with Gasteiger partial charge in [0, 0.05) is 12.3 Å². The van der Waals surface area contributed by atoms with Crippen LogP contribution in [-0.4, -0.2) is 10.5 Å². The van der Waals surface area contributed by atoms with E-state index in [1.54, 1.807) is 19.2 Å². The predicted octanol–water partition coefficient (Wildman–Crippen LogP) is 2.46. The van der Waals surface area contributed by atoms with Crippen LogP contribution in [0.4, 0.5) is 0 Å². The highest BCUT2D eigenvalue weighted by Crippen LogP contribution is 2.00. The molecular formula is C13H18N2O2. The van der Waals surface area contributed by atoms with Gasteiger partial charge in [0.05, 0.1) is 5.76 Å². The maximum atomic E-state index is 11.6. The van der Waals surface area contributed by atoms with Gasteiger partial charge < -0.3 is 9.30 Å². The second kappa shape index (κ2) is 6.03. The third-order valence-corrected chi connectivity index (χ3v) is 2.24. The molecule has 0 saturated carbocycles. The quantitative estimate of drug-likeness (QED) is 0.494. The Morgan fingerprint density at radius 3 is 2.88 bits per heavy atom. The molecule has 4 nitrogen and oxygen atoms in total. The fraction of sp³-hybridized carbons (Fsp3) is 0.385. The highest BCUT2D eigenvalue weighted by molar-refractivity contribution is 5.73. The summed E-state index contributed by atoms with van der Waals surface area (Å²) in [5.41, 5.74) is 0.802. The molecule has 0 bridgehead atoms. The molecule has 0 aliphatic heterocycles. The molecule has 1 aromatic rings. The van der Waals surface area contributed by atoms with E-state index in [1.807, 2.05) is 26.0 Å².